The fourth-order valence-corrected chi connectivity index (χ4v) is 1.24. The van der Waals surface area contributed by atoms with Crippen LogP contribution in [0, 0.1) is 17.0 Å². The first-order valence-electron chi connectivity index (χ1n) is 4.66. The van der Waals surface area contributed by atoms with Gasteiger partial charge in [0.1, 0.15) is 12.7 Å². The molecule has 0 aliphatic carbocycles. The Morgan fingerprint density at radius 2 is 2.40 bits per heavy atom. The van der Waals surface area contributed by atoms with Crippen molar-refractivity contribution in [1.82, 2.24) is 0 Å². The number of rotatable bonds is 4. The van der Waals surface area contributed by atoms with Crippen LogP contribution in [0.15, 0.2) is 18.2 Å². The van der Waals surface area contributed by atoms with E-state index in [9.17, 15) is 10.1 Å². The summed E-state index contributed by atoms with van der Waals surface area (Å²) in [5.74, 6) is 0.307. The van der Waals surface area contributed by atoms with Gasteiger partial charge in [-0.3, -0.25) is 10.1 Å². The van der Waals surface area contributed by atoms with E-state index < -0.39 is 4.92 Å². The van der Waals surface area contributed by atoms with Crippen molar-refractivity contribution < 1.29 is 14.4 Å². The van der Waals surface area contributed by atoms with Crippen LogP contribution >= 0.6 is 0 Å². The van der Waals surface area contributed by atoms with Crippen LogP contribution in [-0.2, 0) is 4.74 Å². The van der Waals surface area contributed by atoms with Crippen molar-refractivity contribution in [2.75, 3.05) is 13.2 Å². The third-order valence-electron chi connectivity index (χ3n) is 2.14. The molecule has 1 aromatic rings. The van der Waals surface area contributed by atoms with Crippen molar-refractivity contribution in [3.8, 4) is 5.75 Å². The predicted octanol–water partition coefficient (Wildman–Crippen LogP) is 1.68. The second kappa shape index (κ2) is 3.86. The summed E-state index contributed by atoms with van der Waals surface area (Å²) in [4.78, 5) is 10.3. The third kappa shape index (κ3) is 2.44. The van der Waals surface area contributed by atoms with E-state index in [0.29, 0.717) is 19.0 Å². The first kappa shape index (κ1) is 9.92. The molecule has 1 heterocycles. The number of hydrogen-bond acceptors (Lipinski definition) is 4. The Balaban J connectivity index is 2.15. The number of ether oxygens (including phenoxy) is 2. The summed E-state index contributed by atoms with van der Waals surface area (Å²) in [5, 5.41) is 10.7. The predicted molar refractivity (Wildman–Crippen MR) is 53.1 cm³/mol. The molecule has 1 atom stereocenters. The van der Waals surface area contributed by atoms with Crippen LogP contribution in [0.5, 0.6) is 5.75 Å². The lowest BCUT2D eigenvalue weighted by Crippen LogP contribution is -2.05. The van der Waals surface area contributed by atoms with Gasteiger partial charge < -0.3 is 9.47 Å². The van der Waals surface area contributed by atoms with E-state index in [1.54, 1.807) is 19.1 Å². The highest BCUT2D eigenvalue weighted by Crippen LogP contribution is 2.28. The quantitative estimate of drug-likeness (QED) is 0.430. The molecule has 0 bridgehead atoms. The summed E-state index contributed by atoms with van der Waals surface area (Å²) >= 11 is 0. The highest BCUT2D eigenvalue weighted by atomic mass is 16.6. The molecule has 1 aliphatic rings. The average Bonchev–Trinajstić information content (AvgIpc) is 2.99. The highest BCUT2D eigenvalue weighted by Gasteiger charge is 2.25. The summed E-state index contributed by atoms with van der Waals surface area (Å²) in [6.45, 7) is 2.87. The van der Waals surface area contributed by atoms with E-state index in [2.05, 4.69) is 0 Å². The van der Waals surface area contributed by atoms with Crippen LogP contribution in [0.25, 0.3) is 0 Å². The molecule has 0 radical (unpaired) electrons. The van der Waals surface area contributed by atoms with Crippen LogP contribution in [0.4, 0.5) is 5.69 Å². The summed E-state index contributed by atoms with van der Waals surface area (Å²) in [6, 6.07) is 4.91. The molecule has 1 saturated heterocycles. The van der Waals surface area contributed by atoms with Gasteiger partial charge in [-0.2, -0.15) is 0 Å². The van der Waals surface area contributed by atoms with Crippen LogP contribution < -0.4 is 4.74 Å². The van der Waals surface area contributed by atoms with Gasteiger partial charge in [-0.25, -0.2) is 0 Å². The molecule has 0 spiro atoms. The topological polar surface area (TPSA) is 64.9 Å². The molecule has 5 nitrogen and oxygen atoms in total. The molecule has 0 N–H and O–H groups in total. The number of nitro benzene ring substituents is 1. The Bertz CT molecular complexity index is 387. The van der Waals surface area contributed by atoms with Crippen molar-refractivity contribution >= 4 is 5.69 Å². The second-order valence-electron chi connectivity index (χ2n) is 3.49. The normalized spacial score (nSPS) is 18.6. The zero-order chi connectivity index (χ0) is 10.8. The molecule has 80 valence electrons. The van der Waals surface area contributed by atoms with Gasteiger partial charge in [0.15, 0.2) is 5.75 Å². The third-order valence-corrected chi connectivity index (χ3v) is 2.14. The maximum absolute atomic E-state index is 10.7. The van der Waals surface area contributed by atoms with Gasteiger partial charge >= 0.3 is 5.69 Å². The Hall–Kier alpha value is -1.62. The Morgan fingerprint density at radius 3 is 3.00 bits per heavy atom. The van der Waals surface area contributed by atoms with Gasteiger partial charge in [0.25, 0.3) is 0 Å². The maximum Gasteiger partial charge on any atom is 0.311 e. The zero-order valence-corrected chi connectivity index (χ0v) is 8.30. The van der Waals surface area contributed by atoms with Crippen molar-refractivity contribution in [3.63, 3.8) is 0 Å². The molecule has 1 aromatic carbocycles. The largest absolute Gasteiger partial charge is 0.484 e. The number of hydrogen-bond donors (Lipinski definition) is 0. The van der Waals surface area contributed by atoms with Crippen molar-refractivity contribution in [1.29, 1.82) is 0 Å². The number of epoxide rings is 1. The fourth-order valence-electron chi connectivity index (χ4n) is 1.24. The maximum atomic E-state index is 10.7. The molecule has 5 heteroatoms. The Kier molecular flexibility index (Phi) is 2.55. The van der Waals surface area contributed by atoms with Gasteiger partial charge in [0, 0.05) is 6.07 Å². The summed E-state index contributed by atoms with van der Waals surface area (Å²) in [5.41, 5.74) is 0.854. The fraction of sp³-hybridized carbons (Fsp3) is 0.400. The zero-order valence-electron chi connectivity index (χ0n) is 8.30. The van der Waals surface area contributed by atoms with E-state index in [1.807, 2.05) is 0 Å². The van der Waals surface area contributed by atoms with Crippen LogP contribution in [0.3, 0.4) is 0 Å². The molecule has 2 rings (SSSR count). The van der Waals surface area contributed by atoms with Gasteiger partial charge in [-0.15, -0.1) is 0 Å². The smallest absolute Gasteiger partial charge is 0.311 e. The average molecular weight is 209 g/mol. The van der Waals surface area contributed by atoms with E-state index in [1.165, 1.54) is 6.07 Å². The van der Waals surface area contributed by atoms with Crippen molar-refractivity contribution in [2.24, 2.45) is 0 Å². The van der Waals surface area contributed by atoms with Gasteiger partial charge in [0.05, 0.1) is 11.5 Å². The Morgan fingerprint density at radius 1 is 1.67 bits per heavy atom. The molecule has 0 aromatic heterocycles. The first-order chi connectivity index (χ1) is 7.16. The lowest BCUT2D eigenvalue weighted by atomic mass is 10.2. The lowest BCUT2D eigenvalue weighted by molar-refractivity contribution is -0.385. The minimum absolute atomic E-state index is 0.00986. The molecule has 1 fully saturated rings. The number of nitrogens with zero attached hydrogens (tertiary/aromatic N) is 1. The van der Waals surface area contributed by atoms with Gasteiger partial charge in [-0.05, 0) is 18.6 Å². The molecule has 0 saturated carbocycles. The van der Waals surface area contributed by atoms with E-state index in [-0.39, 0.29) is 11.8 Å². The summed E-state index contributed by atoms with van der Waals surface area (Å²) < 4.78 is 10.3. The molecule has 1 aliphatic heterocycles. The van der Waals surface area contributed by atoms with Crippen LogP contribution in [0.2, 0.25) is 0 Å². The van der Waals surface area contributed by atoms with Gasteiger partial charge in [0.2, 0.25) is 0 Å². The molecular formula is C10H11NO4. The SMILES string of the molecule is Cc1ccc(OCC2CO2)c([N+](=O)[O-])c1. The standard InChI is InChI=1S/C10H11NO4/c1-7-2-3-10(9(4-7)11(12)13)15-6-8-5-14-8/h2-4,8H,5-6H2,1H3. The number of aryl methyl sites for hydroxylation is 1. The van der Waals surface area contributed by atoms with E-state index in [4.69, 9.17) is 9.47 Å². The van der Waals surface area contributed by atoms with Crippen molar-refractivity contribution in [2.45, 2.75) is 13.0 Å². The second-order valence-corrected chi connectivity index (χ2v) is 3.49. The Labute approximate surface area is 86.8 Å². The van der Waals surface area contributed by atoms with Crippen LogP contribution in [-0.4, -0.2) is 24.2 Å². The minimum Gasteiger partial charge on any atom is -0.484 e. The minimum atomic E-state index is -0.434. The first-order valence-corrected chi connectivity index (χ1v) is 4.66. The van der Waals surface area contributed by atoms with E-state index >= 15 is 0 Å². The number of nitro groups is 1. The monoisotopic (exact) mass is 209 g/mol. The van der Waals surface area contributed by atoms with Crippen LogP contribution in [0.1, 0.15) is 5.56 Å². The molecule has 0 amide bonds. The molecule has 15 heavy (non-hydrogen) atoms. The lowest BCUT2D eigenvalue weighted by Gasteiger charge is -2.05. The summed E-state index contributed by atoms with van der Waals surface area (Å²) in [7, 11) is 0. The molecule has 1 unspecified atom stereocenters. The summed E-state index contributed by atoms with van der Waals surface area (Å²) in [6.07, 6.45) is 0.103. The van der Waals surface area contributed by atoms with Gasteiger partial charge in [-0.1, -0.05) is 6.07 Å². The number of benzene rings is 1. The molecular weight excluding hydrogens is 198 g/mol. The van der Waals surface area contributed by atoms with E-state index in [0.717, 1.165) is 5.56 Å². The van der Waals surface area contributed by atoms with Crippen molar-refractivity contribution in [3.05, 3.63) is 33.9 Å². The highest BCUT2D eigenvalue weighted by molar-refractivity contribution is 5.48.